The molecule has 52 heavy (non-hydrogen) atoms. The maximum absolute atomic E-state index is 5.01. The van der Waals surface area contributed by atoms with Crippen LogP contribution in [-0.2, 0) is 0 Å². The number of nitrogens with zero attached hydrogens (tertiary/aromatic N) is 4. The molecule has 0 amide bonds. The van der Waals surface area contributed by atoms with E-state index < -0.39 is 0 Å². The molecule has 0 saturated heterocycles. The average molecular weight is 681 g/mol. The molecular formula is C47H28N4S. The molecule has 11 rings (SSSR count). The Morgan fingerprint density at radius 1 is 0.365 bits per heavy atom. The van der Waals surface area contributed by atoms with Gasteiger partial charge < -0.3 is 4.57 Å². The quantitative estimate of drug-likeness (QED) is 0.186. The first-order valence-corrected chi connectivity index (χ1v) is 18.3. The monoisotopic (exact) mass is 680 g/mol. The standard InChI is InChI=1S/C47H28N4S/c1-3-14-31(15-4-1)45-48-46(32-16-5-2-6-17-32)50-47(49-45)33-22-25-36-41(28-33)52-40-21-11-20-37(42(36)40)51-38-26-23-29-12-7-9-18-34(29)43(38)44-35-19-10-8-13-30(35)24-27-39(44)51/h1-28H. The van der Waals surface area contributed by atoms with E-state index in [0.29, 0.717) is 17.5 Å². The first-order valence-electron chi connectivity index (χ1n) is 17.5. The molecule has 3 heterocycles. The summed E-state index contributed by atoms with van der Waals surface area (Å²) in [6.45, 7) is 0. The van der Waals surface area contributed by atoms with Crippen LogP contribution in [0.2, 0.25) is 0 Å². The number of hydrogen-bond donors (Lipinski definition) is 0. The van der Waals surface area contributed by atoms with Crippen molar-refractivity contribution in [1.29, 1.82) is 0 Å². The molecule has 0 aliphatic carbocycles. The minimum Gasteiger partial charge on any atom is -0.309 e. The van der Waals surface area contributed by atoms with Crippen molar-refractivity contribution in [3.8, 4) is 39.9 Å². The normalized spacial score (nSPS) is 11.8. The van der Waals surface area contributed by atoms with Crippen molar-refractivity contribution in [2.24, 2.45) is 0 Å². The molecule has 0 aliphatic rings. The molecule has 8 aromatic carbocycles. The van der Waals surface area contributed by atoms with Gasteiger partial charge in [-0.2, -0.15) is 0 Å². The highest BCUT2D eigenvalue weighted by Gasteiger charge is 2.21. The Balaban J connectivity index is 1.15. The summed E-state index contributed by atoms with van der Waals surface area (Å²) in [6.07, 6.45) is 0. The Hall–Kier alpha value is -6.69. The Morgan fingerprint density at radius 2 is 0.904 bits per heavy atom. The van der Waals surface area contributed by atoms with Gasteiger partial charge in [-0.1, -0.05) is 140 Å². The smallest absolute Gasteiger partial charge is 0.164 e. The number of benzene rings is 8. The van der Waals surface area contributed by atoms with Crippen molar-refractivity contribution in [1.82, 2.24) is 19.5 Å². The summed E-state index contributed by atoms with van der Waals surface area (Å²) in [5.74, 6) is 1.98. The molecule has 0 saturated carbocycles. The zero-order valence-electron chi connectivity index (χ0n) is 27.9. The van der Waals surface area contributed by atoms with Crippen LogP contribution in [0.15, 0.2) is 170 Å². The summed E-state index contributed by atoms with van der Waals surface area (Å²) in [6, 6.07) is 60.3. The van der Waals surface area contributed by atoms with Crippen LogP contribution < -0.4 is 0 Å². The fourth-order valence-corrected chi connectivity index (χ4v) is 9.04. The van der Waals surface area contributed by atoms with Crippen LogP contribution in [0.5, 0.6) is 0 Å². The number of hydrogen-bond acceptors (Lipinski definition) is 4. The van der Waals surface area contributed by atoms with Crippen molar-refractivity contribution >= 4 is 74.9 Å². The number of fused-ring (bicyclic) bond motifs is 10. The van der Waals surface area contributed by atoms with Gasteiger partial charge in [0.1, 0.15) is 0 Å². The molecule has 3 aromatic heterocycles. The van der Waals surface area contributed by atoms with Gasteiger partial charge in [-0.25, -0.2) is 15.0 Å². The zero-order valence-corrected chi connectivity index (χ0v) is 28.7. The molecule has 242 valence electrons. The molecule has 0 aliphatic heterocycles. The summed E-state index contributed by atoms with van der Waals surface area (Å²) in [4.78, 5) is 14.9. The molecule has 0 bridgehead atoms. The molecule has 0 fully saturated rings. The molecule has 0 N–H and O–H groups in total. The minimum absolute atomic E-state index is 0.661. The molecule has 0 spiro atoms. The first-order chi connectivity index (χ1) is 25.8. The fourth-order valence-electron chi connectivity index (χ4n) is 7.88. The molecule has 0 radical (unpaired) electrons. The molecule has 11 aromatic rings. The van der Waals surface area contributed by atoms with Gasteiger partial charge in [0, 0.05) is 47.6 Å². The van der Waals surface area contributed by atoms with E-state index in [4.69, 9.17) is 15.0 Å². The van der Waals surface area contributed by atoms with E-state index in [2.05, 4.69) is 114 Å². The second-order valence-corrected chi connectivity index (χ2v) is 14.3. The lowest BCUT2D eigenvalue weighted by Crippen LogP contribution is -2.00. The topological polar surface area (TPSA) is 43.6 Å². The van der Waals surface area contributed by atoms with E-state index in [9.17, 15) is 0 Å². The van der Waals surface area contributed by atoms with E-state index in [1.807, 2.05) is 72.0 Å². The van der Waals surface area contributed by atoms with Gasteiger partial charge >= 0.3 is 0 Å². The highest BCUT2D eigenvalue weighted by atomic mass is 32.1. The third kappa shape index (κ3) is 4.43. The maximum atomic E-state index is 5.01. The number of thiophene rings is 1. The summed E-state index contributed by atoms with van der Waals surface area (Å²) in [5, 5.41) is 10.1. The van der Waals surface area contributed by atoms with Crippen molar-refractivity contribution in [3.63, 3.8) is 0 Å². The van der Waals surface area contributed by atoms with Gasteiger partial charge in [0.25, 0.3) is 0 Å². The Labute approximate surface area is 302 Å². The van der Waals surface area contributed by atoms with Crippen LogP contribution in [0, 0.1) is 0 Å². The van der Waals surface area contributed by atoms with Gasteiger partial charge in [-0.05, 0) is 51.9 Å². The lowest BCUT2D eigenvalue weighted by molar-refractivity contribution is 1.07. The van der Waals surface area contributed by atoms with Crippen LogP contribution in [0.25, 0.3) is 103 Å². The summed E-state index contributed by atoms with van der Waals surface area (Å²) in [7, 11) is 0. The van der Waals surface area contributed by atoms with E-state index >= 15 is 0 Å². The largest absolute Gasteiger partial charge is 0.309 e. The first kappa shape index (κ1) is 29.1. The van der Waals surface area contributed by atoms with Crippen LogP contribution in [0.4, 0.5) is 0 Å². The third-order valence-electron chi connectivity index (χ3n) is 10.2. The minimum atomic E-state index is 0.661. The van der Waals surface area contributed by atoms with Gasteiger partial charge in [0.05, 0.1) is 16.7 Å². The lowest BCUT2D eigenvalue weighted by Gasteiger charge is -2.11. The van der Waals surface area contributed by atoms with Gasteiger partial charge in [0.15, 0.2) is 17.5 Å². The van der Waals surface area contributed by atoms with Gasteiger partial charge in [-0.3, -0.25) is 0 Å². The Bertz CT molecular complexity index is 3030. The van der Waals surface area contributed by atoms with E-state index in [1.54, 1.807) is 0 Å². The van der Waals surface area contributed by atoms with E-state index in [-0.39, 0.29) is 0 Å². The molecule has 0 unspecified atom stereocenters. The second kappa shape index (κ2) is 11.4. The predicted molar refractivity (Wildman–Crippen MR) is 218 cm³/mol. The number of rotatable bonds is 4. The van der Waals surface area contributed by atoms with Crippen molar-refractivity contribution < 1.29 is 0 Å². The molecule has 4 nitrogen and oxygen atoms in total. The zero-order chi connectivity index (χ0) is 34.2. The van der Waals surface area contributed by atoms with Crippen molar-refractivity contribution in [2.75, 3.05) is 0 Å². The summed E-state index contributed by atoms with van der Waals surface area (Å²) >= 11 is 1.81. The predicted octanol–water partition coefficient (Wildman–Crippen LogP) is 12.6. The SMILES string of the molecule is c1ccc(-c2nc(-c3ccccc3)nc(-c3ccc4c(c3)sc3cccc(-n5c6ccc7ccccc7c6c6c7ccccc7ccc65)c34)n2)cc1. The molecule has 0 atom stereocenters. The fraction of sp³-hybridized carbons (Fsp3) is 0. The number of aromatic nitrogens is 4. The van der Waals surface area contributed by atoms with Crippen molar-refractivity contribution in [3.05, 3.63) is 170 Å². The summed E-state index contributed by atoms with van der Waals surface area (Å²) in [5.41, 5.74) is 6.48. The Kier molecular flexibility index (Phi) is 6.39. The van der Waals surface area contributed by atoms with Crippen LogP contribution in [0.3, 0.4) is 0 Å². The highest BCUT2D eigenvalue weighted by Crippen LogP contribution is 2.44. The average Bonchev–Trinajstić information content (AvgIpc) is 3.77. The molecule has 5 heteroatoms. The van der Waals surface area contributed by atoms with Gasteiger partial charge in [0.2, 0.25) is 0 Å². The van der Waals surface area contributed by atoms with E-state index in [0.717, 1.165) is 16.7 Å². The highest BCUT2D eigenvalue weighted by molar-refractivity contribution is 7.26. The Morgan fingerprint density at radius 3 is 1.50 bits per heavy atom. The van der Waals surface area contributed by atoms with Crippen LogP contribution >= 0.6 is 11.3 Å². The summed E-state index contributed by atoms with van der Waals surface area (Å²) < 4.78 is 4.92. The van der Waals surface area contributed by atoms with Crippen LogP contribution in [0.1, 0.15) is 0 Å². The maximum Gasteiger partial charge on any atom is 0.164 e. The van der Waals surface area contributed by atoms with Crippen LogP contribution in [-0.4, -0.2) is 19.5 Å². The second-order valence-electron chi connectivity index (χ2n) is 13.2. The van der Waals surface area contributed by atoms with Crippen molar-refractivity contribution in [2.45, 2.75) is 0 Å². The third-order valence-corrected chi connectivity index (χ3v) is 11.3. The lowest BCUT2D eigenvalue weighted by atomic mass is 10.00. The van der Waals surface area contributed by atoms with Gasteiger partial charge in [-0.15, -0.1) is 11.3 Å². The van der Waals surface area contributed by atoms with E-state index in [1.165, 1.54) is 69.2 Å². The molecular weight excluding hydrogens is 653 g/mol.